The van der Waals surface area contributed by atoms with Crippen molar-refractivity contribution in [1.82, 2.24) is 14.5 Å². The molecule has 0 saturated carbocycles. The summed E-state index contributed by atoms with van der Waals surface area (Å²) in [6, 6.07) is 0.0967. The number of hydrogen-bond acceptors (Lipinski definition) is 5. The summed E-state index contributed by atoms with van der Waals surface area (Å²) in [5.74, 6) is -6.37. The molecular formula is C23H24F6N4O3. The van der Waals surface area contributed by atoms with Crippen LogP contribution in [0.5, 0.6) is 0 Å². The fourth-order valence-electron chi connectivity index (χ4n) is 4.58. The lowest BCUT2D eigenvalue weighted by atomic mass is 9.92. The van der Waals surface area contributed by atoms with Gasteiger partial charge in [0.15, 0.2) is 17.4 Å². The standard InChI is InChI=1S/C23H24F6N4O3/c24-15-10-17(26)16(25)8-13(15)7-14(30)9-19(34)32-3-4-33-18(11-32)20(31-22(33)23(27,28)29)21(35)12-1-5-36-6-2-12/h8,10,12,14H,1-7,9,11,30H2/t14-/m1/s1. The number of rotatable bonds is 6. The molecule has 36 heavy (non-hydrogen) atoms. The number of ether oxygens (including phenoxy) is 1. The molecule has 0 bridgehead atoms. The van der Waals surface area contributed by atoms with Crippen LogP contribution in [0.2, 0.25) is 0 Å². The number of carbonyl (C=O) groups is 2. The largest absolute Gasteiger partial charge is 0.449 e. The molecule has 2 aliphatic heterocycles. The van der Waals surface area contributed by atoms with Crippen LogP contribution in [0, 0.1) is 23.4 Å². The third-order valence-electron chi connectivity index (χ3n) is 6.45. The van der Waals surface area contributed by atoms with E-state index in [9.17, 15) is 35.9 Å². The maximum atomic E-state index is 13.9. The van der Waals surface area contributed by atoms with Crippen LogP contribution in [0.4, 0.5) is 26.3 Å². The Hall–Kier alpha value is -2.93. The quantitative estimate of drug-likeness (QED) is 0.360. The van der Waals surface area contributed by atoms with E-state index < -0.39 is 53.1 Å². The van der Waals surface area contributed by atoms with Gasteiger partial charge in [0.2, 0.25) is 11.7 Å². The monoisotopic (exact) mass is 518 g/mol. The number of amides is 1. The molecule has 1 aromatic carbocycles. The molecule has 1 amide bonds. The van der Waals surface area contributed by atoms with Gasteiger partial charge >= 0.3 is 6.18 Å². The molecule has 1 aromatic heterocycles. The minimum atomic E-state index is -4.79. The Bertz CT molecular complexity index is 1160. The van der Waals surface area contributed by atoms with Gasteiger partial charge in [0, 0.05) is 50.8 Å². The van der Waals surface area contributed by atoms with Crippen LogP contribution in [0.15, 0.2) is 12.1 Å². The summed E-state index contributed by atoms with van der Waals surface area (Å²) >= 11 is 0. The van der Waals surface area contributed by atoms with Crippen molar-refractivity contribution in [2.24, 2.45) is 11.7 Å². The number of halogens is 6. The summed E-state index contributed by atoms with van der Waals surface area (Å²) in [7, 11) is 0. The highest BCUT2D eigenvalue weighted by atomic mass is 19.4. The summed E-state index contributed by atoms with van der Waals surface area (Å²) in [4.78, 5) is 30.8. The van der Waals surface area contributed by atoms with Crippen LogP contribution in [-0.4, -0.2) is 51.9 Å². The molecule has 1 fully saturated rings. The normalized spacial score (nSPS) is 17.7. The number of nitrogens with zero attached hydrogens (tertiary/aromatic N) is 3. The number of Topliss-reactive ketones (excluding diaryl/α,β-unsaturated/α-hetero) is 1. The molecule has 0 spiro atoms. The van der Waals surface area contributed by atoms with E-state index in [0.29, 0.717) is 38.2 Å². The summed E-state index contributed by atoms with van der Waals surface area (Å²) in [5, 5.41) is 0. The van der Waals surface area contributed by atoms with Crippen LogP contribution >= 0.6 is 0 Å². The van der Waals surface area contributed by atoms with Gasteiger partial charge in [-0.05, 0) is 30.9 Å². The SMILES string of the molecule is N[C@@H](CC(=O)N1CCn2c(C(F)(F)F)nc(C(=O)C3CCOCC3)c2C1)Cc1cc(F)c(F)cc1F. The van der Waals surface area contributed by atoms with Gasteiger partial charge in [0.05, 0.1) is 12.2 Å². The highest BCUT2D eigenvalue weighted by Crippen LogP contribution is 2.34. The second kappa shape index (κ2) is 10.2. The maximum Gasteiger partial charge on any atom is 0.449 e. The van der Waals surface area contributed by atoms with Gasteiger partial charge in [-0.1, -0.05) is 0 Å². The van der Waals surface area contributed by atoms with Crippen molar-refractivity contribution in [2.75, 3.05) is 19.8 Å². The van der Waals surface area contributed by atoms with E-state index in [1.54, 1.807) is 0 Å². The molecule has 3 heterocycles. The Labute approximate surface area is 202 Å². The molecule has 1 saturated heterocycles. The predicted molar refractivity (Wildman–Crippen MR) is 113 cm³/mol. The van der Waals surface area contributed by atoms with Crippen LogP contribution in [0.25, 0.3) is 0 Å². The summed E-state index contributed by atoms with van der Waals surface area (Å²) in [6.45, 7) is 0.0527. The molecule has 2 aliphatic rings. The van der Waals surface area contributed by atoms with E-state index in [-0.39, 0.29) is 49.4 Å². The van der Waals surface area contributed by atoms with Crippen molar-refractivity contribution in [3.8, 4) is 0 Å². The van der Waals surface area contributed by atoms with Crippen molar-refractivity contribution < 1.29 is 40.7 Å². The Balaban J connectivity index is 1.51. The zero-order chi connectivity index (χ0) is 26.2. The molecule has 2 aromatic rings. The Kier molecular flexibility index (Phi) is 7.41. The maximum absolute atomic E-state index is 13.9. The number of alkyl halides is 3. The summed E-state index contributed by atoms with van der Waals surface area (Å²) < 4.78 is 87.5. The van der Waals surface area contributed by atoms with Crippen molar-refractivity contribution in [3.05, 3.63) is 52.4 Å². The van der Waals surface area contributed by atoms with Crippen LogP contribution in [0.3, 0.4) is 0 Å². The number of carbonyl (C=O) groups excluding carboxylic acids is 2. The zero-order valence-electron chi connectivity index (χ0n) is 19.1. The van der Waals surface area contributed by atoms with Crippen LogP contribution in [-0.2, 0) is 35.2 Å². The molecule has 0 radical (unpaired) electrons. The van der Waals surface area contributed by atoms with E-state index in [1.165, 1.54) is 4.90 Å². The lowest BCUT2D eigenvalue weighted by Crippen LogP contribution is -2.42. The number of hydrogen-bond donors (Lipinski definition) is 1. The average molecular weight is 518 g/mol. The van der Waals surface area contributed by atoms with Crippen LogP contribution in [0.1, 0.15) is 46.8 Å². The first kappa shape index (κ1) is 26.1. The van der Waals surface area contributed by atoms with Gasteiger partial charge in [-0.25, -0.2) is 18.2 Å². The molecule has 7 nitrogen and oxygen atoms in total. The van der Waals surface area contributed by atoms with E-state index >= 15 is 0 Å². The second-order valence-electron chi connectivity index (χ2n) is 8.97. The van der Waals surface area contributed by atoms with Crippen molar-refractivity contribution in [1.29, 1.82) is 0 Å². The highest BCUT2D eigenvalue weighted by molar-refractivity contribution is 5.97. The number of ketones is 1. The van der Waals surface area contributed by atoms with Crippen molar-refractivity contribution in [2.45, 2.75) is 51.0 Å². The molecular weight excluding hydrogens is 494 g/mol. The Morgan fingerprint density at radius 2 is 1.75 bits per heavy atom. The predicted octanol–water partition coefficient (Wildman–Crippen LogP) is 3.23. The lowest BCUT2D eigenvalue weighted by Gasteiger charge is -2.31. The van der Waals surface area contributed by atoms with Crippen molar-refractivity contribution in [3.63, 3.8) is 0 Å². The van der Waals surface area contributed by atoms with E-state index in [4.69, 9.17) is 10.5 Å². The minimum Gasteiger partial charge on any atom is -0.381 e. The van der Waals surface area contributed by atoms with E-state index in [2.05, 4.69) is 4.98 Å². The van der Waals surface area contributed by atoms with E-state index in [0.717, 1.165) is 4.57 Å². The second-order valence-corrected chi connectivity index (χ2v) is 8.97. The third kappa shape index (κ3) is 5.41. The molecule has 2 N–H and O–H groups in total. The minimum absolute atomic E-state index is 0.00126. The van der Waals surface area contributed by atoms with Gasteiger partial charge in [-0.3, -0.25) is 9.59 Å². The lowest BCUT2D eigenvalue weighted by molar-refractivity contribution is -0.148. The molecule has 1 atom stereocenters. The average Bonchev–Trinajstić information content (AvgIpc) is 3.22. The van der Waals surface area contributed by atoms with Gasteiger partial charge in [0.25, 0.3) is 0 Å². The number of benzene rings is 1. The number of aromatic nitrogens is 2. The van der Waals surface area contributed by atoms with Gasteiger partial charge in [0.1, 0.15) is 11.5 Å². The number of imidazole rings is 1. The fourth-order valence-corrected chi connectivity index (χ4v) is 4.58. The first-order chi connectivity index (χ1) is 17.0. The Morgan fingerprint density at radius 3 is 2.42 bits per heavy atom. The van der Waals surface area contributed by atoms with Crippen LogP contribution < -0.4 is 5.73 Å². The smallest absolute Gasteiger partial charge is 0.381 e. The number of fused-ring (bicyclic) bond motifs is 1. The molecule has 196 valence electrons. The fraction of sp³-hybridized carbons (Fsp3) is 0.522. The zero-order valence-corrected chi connectivity index (χ0v) is 19.1. The number of nitrogens with two attached hydrogens (primary N) is 1. The summed E-state index contributed by atoms with van der Waals surface area (Å²) in [5.41, 5.74) is 5.43. The van der Waals surface area contributed by atoms with Crippen molar-refractivity contribution >= 4 is 11.7 Å². The molecule has 4 rings (SSSR count). The van der Waals surface area contributed by atoms with Gasteiger partial charge in [-0.2, -0.15) is 13.2 Å². The topological polar surface area (TPSA) is 90.5 Å². The first-order valence-electron chi connectivity index (χ1n) is 11.4. The molecule has 0 aliphatic carbocycles. The summed E-state index contributed by atoms with van der Waals surface area (Å²) in [6.07, 6.45) is -4.63. The van der Waals surface area contributed by atoms with E-state index in [1.807, 2.05) is 0 Å². The first-order valence-corrected chi connectivity index (χ1v) is 11.4. The Morgan fingerprint density at radius 1 is 1.08 bits per heavy atom. The molecule has 13 heteroatoms. The molecule has 0 unspecified atom stereocenters. The van der Waals surface area contributed by atoms with Gasteiger partial charge in [-0.15, -0.1) is 0 Å². The highest BCUT2D eigenvalue weighted by Gasteiger charge is 2.42. The van der Waals surface area contributed by atoms with Gasteiger partial charge < -0.3 is 19.9 Å². The third-order valence-corrected chi connectivity index (χ3v) is 6.45.